The van der Waals surface area contributed by atoms with Crippen LogP contribution in [0.5, 0.6) is 5.75 Å². The molecule has 24 heavy (non-hydrogen) atoms. The molecule has 6 nitrogen and oxygen atoms in total. The summed E-state index contributed by atoms with van der Waals surface area (Å²) in [5.41, 5.74) is 0.463. The number of carbonyl (C=O) groups excluding carboxylic acids is 1. The summed E-state index contributed by atoms with van der Waals surface area (Å²) < 4.78 is 30.9. The lowest BCUT2D eigenvalue weighted by Crippen LogP contribution is -2.51. The molecule has 1 aromatic rings. The zero-order valence-electron chi connectivity index (χ0n) is 14.7. The second kappa shape index (κ2) is 7.42. The highest BCUT2D eigenvalue weighted by atomic mass is 32.2. The summed E-state index contributed by atoms with van der Waals surface area (Å²) in [5, 5.41) is 0. The molecule has 1 saturated heterocycles. The highest BCUT2D eigenvalue weighted by Crippen LogP contribution is 2.25. The van der Waals surface area contributed by atoms with Crippen molar-refractivity contribution in [1.29, 1.82) is 0 Å². The van der Waals surface area contributed by atoms with E-state index in [0.717, 1.165) is 19.1 Å². The van der Waals surface area contributed by atoms with E-state index in [1.54, 1.807) is 43.2 Å². The third-order valence-electron chi connectivity index (χ3n) is 4.49. The number of likely N-dealkylation sites (tertiary alicyclic amines) is 1. The molecule has 0 unspecified atom stereocenters. The van der Waals surface area contributed by atoms with Crippen molar-refractivity contribution in [3.63, 3.8) is 0 Å². The van der Waals surface area contributed by atoms with E-state index in [4.69, 9.17) is 4.74 Å². The minimum Gasteiger partial charge on any atom is -0.497 e. The van der Waals surface area contributed by atoms with E-state index >= 15 is 0 Å². The number of methoxy groups -OCH3 is 1. The van der Waals surface area contributed by atoms with E-state index in [2.05, 4.69) is 6.92 Å². The Hall–Kier alpha value is -1.76. The molecular formula is C17H26N2O4S. The Bertz CT molecular complexity index is 664. The number of amides is 1. The summed E-state index contributed by atoms with van der Waals surface area (Å²) in [6.45, 7) is 5.19. The molecular weight excluding hydrogens is 328 g/mol. The molecule has 1 aliphatic rings. The minimum atomic E-state index is -3.59. The van der Waals surface area contributed by atoms with Gasteiger partial charge in [-0.15, -0.1) is 0 Å². The molecule has 1 fully saturated rings. The van der Waals surface area contributed by atoms with Gasteiger partial charge in [-0.25, -0.2) is 8.42 Å². The molecule has 134 valence electrons. The molecule has 0 aliphatic carbocycles. The fourth-order valence-electron chi connectivity index (χ4n) is 3.02. The number of hydrogen-bond donors (Lipinski definition) is 0. The number of sulfonamides is 1. The number of carbonyl (C=O) groups is 1. The number of anilines is 1. The van der Waals surface area contributed by atoms with Crippen LogP contribution in [-0.4, -0.2) is 51.7 Å². The molecule has 1 atom stereocenters. The largest absolute Gasteiger partial charge is 0.497 e. The van der Waals surface area contributed by atoms with Crippen molar-refractivity contribution in [3.8, 4) is 5.75 Å². The number of piperidine rings is 1. The summed E-state index contributed by atoms with van der Waals surface area (Å²) in [4.78, 5) is 14.6. The van der Waals surface area contributed by atoms with E-state index in [1.165, 1.54) is 4.31 Å². The Balaban J connectivity index is 2.25. The summed E-state index contributed by atoms with van der Waals surface area (Å²) in [6.07, 6.45) is 3.04. The van der Waals surface area contributed by atoms with Crippen LogP contribution in [-0.2, 0) is 14.8 Å². The number of ether oxygens (including phenoxy) is 1. The zero-order valence-corrected chi connectivity index (χ0v) is 15.5. The number of benzene rings is 1. The molecule has 0 aromatic heterocycles. The van der Waals surface area contributed by atoms with Crippen molar-refractivity contribution in [2.24, 2.45) is 5.92 Å². The van der Waals surface area contributed by atoms with Gasteiger partial charge in [0.25, 0.3) is 0 Å². The van der Waals surface area contributed by atoms with Gasteiger partial charge in [0.2, 0.25) is 15.9 Å². The molecule has 7 heteroatoms. The maximum absolute atomic E-state index is 12.8. The van der Waals surface area contributed by atoms with Gasteiger partial charge < -0.3 is 9.64 Å². The Kier molecular flexibility index (Phi) is 5.74. The lowest BCUT2D eigenvalue weighted by Gasteiger charge is -2.35. The van der Waals surface area contributed by atoms with Crippen LogP contribution in [0.4, 0.5) is 5.69 Å². The predicted molar refractivity (Wildman–Crippen MR) is 94.8 cm³/mol. The lowest BCUT2D eigenvalue weighted by atomic mass is 9.99. The van der Waals surface area contributed by atoms with Crippen LogP contribution in [0.2, 0.25) is 0 Å². The van der Waals surface area contributed by atoms with Crippen molar-refractivity contribution in [2.45, 2.75) is 32.7 Å². The Labute approximate surface area is 144 Å². The molecule has 0 spiro atoms. The maximum Gasteiger partial charge on any atom is 0.246 e. The quantitative estimate of drug-likeness (QED) is 0.812. The normalized spacial score (nSPS) is 17.4. The van der Waals surface area contributed by atoms with Gasteiger partial charge in [-0.05, 0) is 49.9 Å². The SMILES string of the molecule is COc1ccc(N([C@H](C)C(=O)N2CCC(C)CC2)S(C)(=O)=O)cc1. The van der Waals surface area contributed by atoms with Crippen molar-refractivity contribution in [2.75, 3.05) is 30.8 Å². The second-order valence-electron chi connectivity index (χ2n) is 6.44. The summed E-state index contributed by atoms with van der Waals surface area (Å²) in [6, 6.07) is 5.91. The van der Waals surface area contributed by atoms with Gasteiger partial charge >= 0.3 is 0 Å². The highest BCUT2D eigenvalue weighted by Gasteiger charge is 2.33. The monoisotopic (exact) mass is 354 g/mol. The predicted octanol–water partition coefficient (Wildman–Crippen LogP) is 2.11. The molecule has 0 saturated carbocycles. The first-order chi connectivity index (χ1) is 11.2. The van der Waals surface area contributed by atoms with Crippen LogP contribution < -0.4 is 9.04 Å². The summed E-state index contributed by atoms with van der Waals surface area (Å²) in [7, 11) is -2.04. The molecule has 1 heterocycles. The Morgan fingerprint density at radius 1 is 1.25 bits per heavy atom. The van der Waals surface area contributed by atoms with Crippen molar-refractivity contribution < 1.29 is 17.9 Å². The second-order valence-corrected chi connectivity index (χ2v) is 8.30. The zero-order chi connectivity index (χ0) is 17.9. The third-order valence-corrected chi connectivity index (χ3v) is 5.73. The van der Waals surface area contributed by atoms with E-state index in [9.17, 15) is 13.2 Å². The molecule has 1 aromatic carbocycles. The van der Waals surface area contributed by atoms with Crippen LogP contribution in [0.25, 0.3) is 0 Å². The number of hydrogen-bond acceptors (Lipinski definition) is 4. The Morgan fingerprint density at radius 2 is 1.79 bits per heavy atom. The summed E-state index contributed by atoms with van der Waals surface area (Å²) >= 11 is 0. The average molecular weight is 354 g/mol. The van der Waals surface area contributed by atoms with Crippen LogP contribution in [0.15, 0.2) is 24.3 Å². The maximum atomic E-state index is 12.8. The third kappa shape index (κ3) is 4.20. The standard InChI is InChI=1S/C17H26N2O4S/c1-13-9-11-18(12-10-13)17(20)14(2)19(24(4,21)22)15-5-7-16(23-3)8-6-15/h5-8,13-14H,9-12H2,1-4H3/t14-/m1/s1. The van der Waals surface area contributed by atoms with Gasteiger partial charge in [-0.2, -0.15) is 0 Å². The van der Waals surface area contributed by atoms with E-state index in [1.807, 2.05) is 0 Å². The lowest BCUT2D eigenvalue weighted by molar-refractivity contribution is -0.133. The Morgan fingerprint density at radius 3 is 2.25 bits per heavy atom. The molecule has 1 amide bonds. The molecule has 0 radical (unpaired) electrons. The number of nitrogens with zero attached hydrogens (tertiary/aromatic N) is 2. The van der Waals surface area contributed by atoms with Crippen LogP contribution >= 0.6 is 0 Å². The van der Waals surface area contributed by atoms with E-state index < -0.39 is 16.1 Å². The fourth-order valence-corrected chi connectivity index (χ4v) is 4.19. The van der Waals surface area contributed by atoms with E-state index in [-0.39, 0.29) is 5.91 Å². The van der Waals surface area contributed by atoms with Gasteiger partial charge in [0, 0.05) is 13.1 Å². The van der Waals surface area contributed by atoms with Gasteiger partial charge in [-0.1, -0.05) is 6.92 Å². The van der Waals surface area contributed by atoms with Gasteiger partial charge in [0.05, 0.1) is 19.1 Å². The molecule has 1 aliphatic heterocycles. The van der Waals surface area contributed by atoms with Crippen LogP contribution in [0.3, 0.4) is 0 Å². The number of rotatable bonds is 5. The molecule has 2 rings (SSSR count). The minimum absolute atomic E-state index is 0.150. The summed E-state index contributed by atoms with van der Waals surface area (Å²) in [5.74, 6) is 1.09. The fraction of sp³-hybridized carbons (Fsp3) is 0.588. The highest BCUT2D eigenvalue weighted by molar-refractivity contribution is 7.92. The topological polar surface area (TPSA) is 66.9 Å². The first kappa shape index (κ1) is 18.6. The van der Waals surface area contributed by atoms with Gasteiger partial charge in [-0.3, -0.25) is 9.10 Å². The smallest absolute Gasteiger partial charge is 0.246 e. The van der Waals surface area contributed by atoms with Crippen LogP contribution in [0.1, 0.15) is 26.7 Å². The van der Waals surface area contributed by atoms with Crippen molar-refractivity contribution in [3.05, 3.63) is 24.3 Å². The van der Waals surface area contributed by atoms with Crippen molar-refractivity contribution in [1.82, 2.24) is 4.90 Å². The first-order valence-electron chi connectivity index (χ1n) is 8.16. The van der Waals surface area contributed by atoms with Crippen molar-refractivity contribution >= 4 is 21.6 Å². The van der Waals surface area contributed by atoms with E-state index in [0.29, 0.717) is 30.4 Å². The first-order valence-corrected chi connectivity index (χ1v) is 10.0. The van der Waals surface area contributed by atoms with Gasteiger partial charge in [0.1, 0.15) is 11.8 Å². The molecule has 0 N–H and O–H groups in total. The van der Waals surface area contributed by atoms with Crippen LogP contribution in [0, 0.1) is 5.92 Å². The molecule has 0 bridgehead atoms. The average Bonchev–Trinajstić information content (AvgIpc) is 2.54. The van der Waals surface area contributed by atoms with Gasteiger partial charge in [0.15, 0.2) is 0 Å².